The van der Waals surface area contributed by atoms with Crippen molar-refractivity contribution in [3.63, 3.8) is 0 Å². The molecular weight excluding hydrogens is 266 g/mol. The van der Waals surface area contributed by atoms with Crippen molar-refractivity contribution in [2.24, 2.45) is 5.73 Å². The maximum atomic E-state index is 10.6. The number of nitrogens with two attached hydrogens (primary N) is 1. The summed E-state index contributed by atoms with van der Waals surface area (Å²) >= 11 is 0. The Hall–Kier alpha value is -1.10. The highest BCUT2D eigenvalue weighted by atomic mass is 16.5. The Morgan fingerprint density at radius 1 is 1.19 bits per heavy atom. The van der Waals surface area contributed by atoms with E-state index in [4.69, 9.17) is 10.5 Å². The Kier molecular flexibility index (Phi) is 6.03. The molecule has 4 N–H and O–H groups in total. The first-order chi connectivity index (χ1) is 10.1. The molecule has 0 amide bonds. The van der Waals surface area contributed by atoms with E-state index in [9.17, 15) is 10.2 Å². The summed E-state index contributed by atoms with van der Waals surface area (Å²) in [5.74, 6) is 0.696. The van der Waals surface area contributed by atoms with E-state index in [1.54, 1.807) is 0 Å². The lowest BCUT2D eigenvalue weighted by atomic mass is 9.96. The summed E-state index contributed by atoms with van der Waals surface area (Å²) in [6, 6.07) is 7.42. The van der Waals surface area contributed by atoms with E-state index in [1.807, 2.05) is 24.3 Å². The number of rotatable bonds is 6. The molecule has 0 bridgehead atoms. The molecule has 0 saturated heterocycles. The fourth-order valence-corrected chi connectivity index (χ4v) is 2.88. The zero-order valence-corrected chi connectivity index (χ0v) is 12.6. The Morgan fingerprint density at radius 3 is 2.57 bits per heavy atom. The fraction of sp³-hybridized carbons (Fsp3) is 0.647. The Bertz CT molecular complexity index is 428. The second-order valence-electron chi connectivity index (χ2n) is 6.09. The molecule has 118 valence electrons. The van der Waals surface area contributed by atoms with E-state index in [2.05, 4.69) is 0 Å². The molecule has 1 fully saturated rings. The standard InChI is InChI=1S/C17H27NO3/c18-11-8-16(19)14-6-5-7-15(12-14)21-13-17(20)9-3-1-2-4-10-17/h5-7,12,16,19-20H,1-4,8-11,13,18H2/t16-/m0/s1. The highest BCUT2D eigenvalue weighted by molar-refractivity contribution is 5.30. The van der Waals surface area contributed by atoms with Gasteiger partial charge >= 0.3 is 0 Å². The van der Waals surface area contributed by atoms with Crippen molar-refractivity contribution < 1.29 is 14.9 Å². The number of hydrogen-bond acceptors (Lipinski definition) is 4. The van der Waals surface area contributed by atoms with Crippen LogP contribution in [-0.4, -0.2) is 29.0 Å². The number of aliphatic hydroxyl groups excluding tert-OH is 1. The Morgan fingerprint density at radius 2 is 1.90 bits per heavy atom. The van der Waals surface area contributed by atoms with E-state index in [0.717, 1.165) is 31.2 Å². The second kappa shape index (κ2) is 7.78. The first-order valence-electron chi connectivity index (χ1n) is 7.96. The van der Waals surface area contributed by atoms with Crippen molar-refractivity contribution in [1.29, 1.82) is 0 Å². The highest BCUT2D eigenvalue weighted by Crippen LogP contribution is 2.28. The van der Waals surface area contributed by atoms with Gasteiger partial charge in [-0.1, -0.05) is 37.8 Å². The maximum Gasteiger partial charge on any atom is 0.119 e. The van der Waals surface area contributed by atoms with E-state index in [1.165, 1.54) is 12.8 Å². The largest absolute Gasteiger partial charge is 0.491 e. The molecular formula is C17H27NO3. The van der Waals surface area contributed by atoms with Crippen molar-refractivity contribution in [3.05, 3.63) is 29.8 Å². The third kappa shape index (κ3) is 4.99. The summed E-state index contributed by atoms with van der Waals surface area (Å²) in [5.41, 5.74) is 5.57. The minimum atomic E-state index is -0.706. The summed E-state index contributed by atoms with van der Waals surface area (Å²) < 4.78 is 5.78. The molecule has 1 aliphatic rings. The van der Waals surface area contributed by atoms with Crippen molar-refractivity contribution in [2.75, 3.05) is 13.2 Å². The first-order valence-corrected chi connectivity index (χ1v) is 7.96. The number of aliphatic hydroxyl groups is 2. The minimum Gasteiger partial charge on any atom is -0.491 e. The van der Waals surface area contributed by atoms with Gasteiger partial charge in [0.1, 0.15) is 12.4 Å². The summed E-state index contributed by atoms with van der Waals surface area (Å²) in [4.78, 5) is 0. The molecule has 2 rings (SSSR count). The monoisotopic (exact) mass is 293 g/mol. The van der Waals surface area contributed by atoms with Crippen LogP contribution in [0.3, 0.4) is 0 Å². The Labute approximate surface area is 126 Å². The van der Waals surface area contributed by atoms with Gasteiger partial charge in [-0.15, -0.1) is 0 Å². The van der Waals surface area contributed by atoms with Crippen LogP contribution in [0.15, 0.2) is 24.3 Å². The molecule has 4 nitrogen and oxygen atoms in total. The molecule has 1 saturated carbocycles. The van der Waals surface area contributed by atoms with Crippen LogP contribution in [0, 0.1) is 0 Å². The molecule has 1 aromatic carbocycles. The van der Waals surface area contributed by atoms with Gasteiger partial charge < -0.3 is 20.7 Å². The van der Waals surface area contributed by atoms with Gasteiger partial charge in [0.2, 0.25) is 0 Å². The third-order valence-electron chi connectivity index (χ3n) is 4.22. The van der Waals surface area contributed by atoms with Crippen LogP contribution < -0.4 is 10.5 Å². The van der Waals surface area contributed by atoms with E-state index >= 15 is 0 Å². The van der Waals surface area contributed by atoms with Crippen LogP contribution in [0.4, 0.5) is 0 Å². The predicted octanol–water partition coefficient (Wildman–Crippen LogP) is 2.53. The van der Waals surface area contributed by atoms with E-state index in [0.29, 0.717) is 25.3 Å². The molecule has 1 aliphatic carbocycles. The van der Waals surface area contributed by atoms with Crippen molar-refractivity contribution >= 4 is 0 Å². The van der Waals surface area contributed by atoms with Gasteiger partial charge in [-0.25, -0.2) is 0 Å². The Balaban J connectivity index is 1.94. The van der Waals surface area contributed by atoms with Gasteiger partial charge in [-0.05, 0) is 43.5 Å². The number of hydrogen-bond donors (Lipinski definition) is 3. The lowest BCUT2D eigenvalue weighted by Crippen LogP contribution is -2.35. The smallest absolute Gasteiger partial charge is 0.119 e. The molecule has 4 heteroatoms. The van der Waals surface area contributed by atoms with E-state index in [-0.39, 0.29) is 0 Å². The predicted molar refractivity (Wildman–Crippen MR) is 83.2 cm³/mol. The van der Waals surface area contributed by atoms with Crippen LogP contribution >= 0.6 is 0 Å². The van der Waals surface area contributed by atoms with Crippen LogP contribution in [0.2, 0.25) is 0 Å². The number of ether oxygens (including phenoxy) is 1. The summed E-state index contributed by atoms with van der Waals surface area (Å²) in [6.45, 7) is 0.773. The normalized spacial score (nSPS) is 19.8. The van der Waals surface area contributed by atoms with Crippen LogP contribution in [0.5, 0.6) is 5.75 Å². The fourth-order valence-electron chi connectivity index (χ4n) is 2.88. The van der Waals surface area contributed by atoms with Crippen LogP contribution in [0.25, 0.3) is 0 Å². The van der Waals surface area contributed by atoms with Gasteiger partial charge in [0, 0.05) is 0 Å². The van der Waals surface area contributed by atoms with Crippen molar-refractivity contribution in [2.45, 2.75) is 56.7 Å². The molecule has 1 atom stereocenters. The molecule has 0 spiro atoms. The zero-order valence-electron chi connectivity index (χ0n) is 12.6. The van der Waals surface area contributed by atoms with Crippen LogP contribution in [-0.2, 0) is 0 Å². The lowest BCUT2D eigenvalue weighted by Gasteiger charge is -2.26. The topological polar surface area (TPSA) is 75.7 Å². The van der Waals surface area contributed by atoms with Gasteiger partial charge in [-0.3, -0.25) is 0 Å². The molecule has 1 aromatic rings. The highest BCUT2D eigenvalue weighted by Gasteiger charge is 2.28. The van der Waals surface area contributed by atoms with Crippen molar-refractivity contribution in [1.82, 2.24) is 0 Å². The third-order valence-corrected chi connectivity index (χ3v) is 4.22. The molecule has 0 unspecified atom stereocenters. The SMILES string of the molecule is NCC[C@H](O)c1cccc(OCC2(O)CCCCCC2)c1. The van der Waals surface area contributed by atoms with Gasteiger partial charge in [0.15, 0.2) is 0 Å². The summed E-state index contributed by atoms with van der Waals surface area (Å²) in [7, 11) is 0. The molecule has 0 radical (unpaired) electrons. The average molecular weight is 293 g/mol. The molecule has 0 aliphatic heterocycles. The maximum absolute atomic E-state index is 10.6. The second-order valence-corrected chi connectivity index (χ2v) is 6.09. The van der Waals surface area contributed by atoms with Gasteiger partial charge in [0.05, 0.1) is 11.7 Å². The van der Waals surface area contributed by atoms with E-state index < -0.39 is 11.7 Å². The van der Waals surface area contributed by atoms with Crippen molar-refractivity contribution in [3.8, 4) is 5.75 Å². The lowest BCUT2D eigenvalue weighted by molar-refractivity contribution is -0.0174. The summed E-state index contributed by atoms with van der Waals surface area (Å²) in [6.07, 6.45) is 6.12. The van der Waals surface area contributed by atoms with Gasteiger partial charge in [0.25, 0.3) is 0 Å². The first kappa shape index (κ1) is 16.3. The molecule has 0 heterocycles. The quantitative estimate of drug-likeness (QED) is 0.705. The minimum absolute atomic E-state index is 0.323. The van der Waals surface area contributed by atoms with Gasteiger partial charge in [-0.2, -0.15) is 0 Å². The molecule has 21 heavy (non-hydrogen) atoms. The van der Waals surface area contributed by atoms with Crippen LogP contribution in [0.1, 0.15) is 56.6 Å². The molecule has 0 aromatic heterocycles. The number of benzene rings is 1. The zero-order chi connectivity index (χ0) is 15.1. The summed E-state index contributed by atoms with van der Waals surface area (Å²) in [5, 5.41) is 20.5. The average Bonchev–Trinajstić information content (AvgIpc) is 2.71.